The lowest BCUT2D eigenvalue weighted by molar-refractivity contribution is 0.476. The number of aromatic nitrogens is 1. The van der Waals surface area contributed by atoms with Crippen LogP contribution in [0.5, 0.6) is 0 Å². The van der Waals surface area contributed by atoms with E-state index in [9.17, 15) is 0 Å². The van der Waals surface area contributed by atoms with Gasteiger partial charge in [0.1, 0.15) is 0 Å². The van der Waals surface area contributed by atoms with Crippen molar-refractivity contribution in [3.8, 4) is 0 Å². The van der Waals surface area contributed by atoms with Gasteiger partial charge in [-0.3, -0.25) is 0 Å². The Bertz CT molecular complexity index is 1080. The van der Waals surface area contributed by atoms with Crippen LogP contribution in [-0.4, -0.2) is 9.88 Å². The van der Waals surface area contributed by atoms with Crippen LogP contribution >= 0.6 is 11.8 Å². The minimum absolute atomic E-state index is 0.851. The van der Waals surface area contributed by atoms with E-state index < -0.39 is 0 Å². The lowest BCUT2D eigenvalue weighted by Crippen LogP contribution is -2.22. The second-order valence-electron chi connectivity index (χ2n) is 6.61. The van der Waals surface area contributed by atoms with Crippen molar-refractivity contribution in [2.75, 3.05) is 0 Å². The maximum atomic E-state index is 3.42. The topological polar surface area (TPSA) is 19.0 Å². The molecule has 1 N–H and O–H groups in total. The van der Waals surface area contributed by atoms with E-state index in [-0.39, 0.29) is 0 Å². The quantitative estimate of drug-likeness (QED) is 0.459. The molecule has 27 heavy (non-hydrogen) atoms. The first-order chi connectivity index (χ1) is 13.4. The van der Waals surface area contributed by atoms with Crippen molar-refractivity contribution in [2.45, 2.75) is 6.54 Å². The molecule has 4 aromatic rings. The molecule has 0 amide bonds. The van der Waals surface area contributed by atoms with E-state index in [1.54, 1.807) is 11.8 Å². The molecule has 1 aromatic heterocycles. The summed E-state index contributed by atoms with van der Waals surface area (Å²) in [5.74, 6) is 0. The van der Waals surface area contributed by atoms with E-state index in [1.165, 1.54) is 38.7 Å². The maximum absolute atomic E-state index is 3.42. The smallest absolute Gasteiger partial charge is 0.156 e. The van der Waals surface area contributed by atoms with E-state index >= 15 is 0 Å². The zero-order valence-electron chi connectivity index (χ0n) is 14.8. The number of hydrogen-bond donors (Lipinski definition) is 1. The van der Waals surface area contributed by atoms with Gasteiger partial charge in [-0.25, -0.2) is 0 Å². The van der Waals surface area contributed by atoms with Crippen LogP contribution in [0.2, 0.25) is 0 Å². The molecule has 0 atom stereocenters. The number of fused-ring (bicyclic) bond motifs is 1. The van der Waals surface area contributed by atoms with Crippen molar-refractivity contribution in [3.05, 3.63) is 119 Å². The van der Waals surface area contributed by atoms with Gasteiger partial charge in [0.05, 0.1) is 5.70 Å². The van der Waals surface area contributed by atoms with Crippen molar-refractivity contribution in [3.63, 3.8) is 0 Å². The standard InChI is InChI=1S/C24H19N2S/c1-3-9-18(10-4-1)16-26-23(19-11-5-2-6-12-19)17-27-24(26)21-15-25-22-14-8-7-13-20(21)22/h1-15,17,25H,16H2. The molecule has 2 heterocycles. The molecule has 131 valence electrons. The van der Waals surface area contributed by atoms with Crippen LogP contribution in [0.25, 0.3) is 16.6 Å². The largest absolute Gasteiger partial charge is 0.361 e. The Labute approximate surface area is 163 Å². The Kier molecular flexibility index (Phi) is 4.23. The summed E-state index contributed by atoms with van der Waals surface area (Å²) in [5, 5.41) is 4.81. The van der Waals surface area contributed by atoms with Crippen LogP contribution < -0.4 is 0 Å². The number of rotatable bonds is 4. The monoisotopic (exact) mass is 367 g/mol. The molecule has 2 nitrogen and oxygen atoms in total. The van der Waals surface area contributed by atoms with Crippen LogP contribution in [-0.2, 0) is 6.54 Å². The average Bonchev–Trinajstić information content (AvgIpc) is 3.33. The van der Waals surface area contributed by atoms with Gasteiger partial charge in [-0.1, -0.05) is 90.6 Å². The minimum Gasteiger partial charge on any atom is -0.361 e. The molecule has 0 unspecified atom stereocenters. The molecule has 0 bridgehead atoms. The number of H-pyrrole nitrogens is 1. The van der Waals surface area contributed by atoms with Crippen LogP contribution in [0, 0.1) is 5.37 Å². The molecule has 1 aliphatic heterocycles. The van der Waals surface area contributed by atoms with Crippen molar-refractivity contribution in [2.24, 2.45) is 0 Å². The number of aromatic amines is 1. The highest BCUT2D eigenvalue weighted by molar-refractivity contribution is 8.05. The van der Waals surface area contributed by atoms with Crippen LogP contribution in [0.4, 0.5) is 0 Å². The van der Waals surface area contributed by atoms with Gasteiger partial charge in [0, 0.05) is 29.2 Å². The number of nitrogens with zero attached hydrogens (tertiary/aromatic N) is 1. The molecule has 0 saturated heterocycles. The second-order valence-corrected chi connectivity index (χ2v) is 7.47. The van der Waals surface area contributed by atoms with E-state index in [1.807, 2.05) is 0 Å². The first-order valence-corrected chi connectivity index (χ1v) is 9.95. The van der Waals surface area contributed by atoms with Crippen LogP contribution in [0.15, 0.2) is 96.5 Å². The Hall–Kier alpha value is -2.91. The summed E-state index contributed by atoms with van der Waals surface area (Å²) in [5.41, 5.74) is 6.24. The molecule has 3 heteroatoms. The van der Waals surface area contributed by atoms with Gasteiger partial charge in [0.15, 0.2) is 5.37 Å². The lowest BCUT2D eigenvalue weighted by Gasteiger charge is -2.28. The highest BCUT2D eigenvalue weighted by Gasteiger charge is 2.32. The summed E-state index contributed by atoms with van der Waals surface area (Å²) in [6, 6.07) is 29.8. The summed E-state index contributed by atoms with van der Waals surface area (Å²) in [6.45, 7) is 0.851. The highest BCUT2D eigenvalue weighted by Crippen LogP contribution is 2.47. The molecule has 0 saturated carbocycles. The fraction of sp³-hybridized carbons (Fsp3) is 0.0417. The molecule has 0 aliphatic carbocycles. The molecule has 5 rings (SSSR count). The van der Waals surface area contributed by atoms with Gasteiger partial charge in [-0.2, -0.15) is 0 Å². The molecule has 0 spiro atoms. The number of hydrogen-bond acceptors (Lipinski definition) is 2. The Balaban J connectivity index is 1.57. The maximum Gasteiger partial charge on any atom is 0.156 e. The van der Waals surface area contributed by atoms with Crippen LogP contribution in [0.3, 0.4) is 0 Å². The third kappa shape index (κ3) is 3.04. The molecule has 1 aliphatic rings. The van der Waals surface area contributed by atoms with Gasteiger partial charge < -0.3 is 9.88 Å². The third-order valence-electron chi connectivity index (χ3n) is 4.89. The summed E-state index contributed by atoms with van der Waals surface area (Å²) < 4.78 is 0. The Morgan fingerprint density at radius 3 is 2.30 bits per heavy atom. The van der Waals surface area contributed by atoms with Crippen LogP contribution in [0.1, 0.15) is 16.7 Å². The highest BCUT2D eigenvalue weighted by atomic mass is 32.2. The van der Waals surface area contributed by atoms with Crippen molar-refractivity contribution >= 4 is 28.4 Å². The van der Waals surface area contributed by atoms with E-state index in [4.69, 9.17) is 0 Å². The summed E-state index contributed by atoms with van der Waals surface area (Å²) in [4.78, 5) is 5.86. The number of para-hydroxylation sites is 1. The SMILES string of the molecule is C1=C(c2ccccc2)N(Cc2ccccc2)[C](c2c[nH]c3ccccc23)S1. The second kappa shape index (κ2) is 7.01. The zero-order chi connectivity index (χ0) is 18.1. The number of nitrogens with one attached hydrogen (secondary N) is 1. The molecule has 3 aromatic carbocycles. The van der Waals surface area contributed by atoms with E-state index in [0.29, 0.717) is 0 Å². The predicted molar refractivity (Wildman–Crippen MR) is 115 cm³/mol. The zero-order valence-corrected chi connectivity index (χ0v) is 15.6. The van der Waals surface area contributed by atoms with Gasteiger partial charge in [0.25, 0.3) is 0 Å². The third-order valence-corrected chi connectivity index (χ3v) is 5.90. The van der Waals surface area contributed by atoms with E-state index in [2.05, 4.69) is 106 Å². The molecule has 1 radical (unpaired) electrons. The van der Waals surface area contributed by atoms with Crippen molar-refractivity contribution in [1.29, 1.82) is 0 Å². The fourth-order valence-electron chi connectivity index (χ4n) is 3.56. The van der Waals surface area contributed by atoms with Gasteiger partial charge >= 0.3 is 0 Å². The number of benzene rings is 3. The fourth-order valence-corrected chi connectivity index (χ4v) is 4.63. The molecular weight excluding hydrogens is 348 g/mol. The first kappa shape index (κ1) is 16.3. The first-order valence-electron chi connectivity index (χ1n) is 9.07. The molecule has 0 fully saturated rings. The van der Waals surface area contributed by atoms with Gasteiger partial charge in [-0.05, 0) is 22.6 Å². The summed E-state index contributed by atoms with van der Waals surface area (Å²) >= 11 is 1.81. The Morgan fingerprint density at radius 1 is 0.778 bits per heavy atom. The minimum atomic E-state index is 0.851. The van der Waals surface area contributed by atoms with E-state index in [0.717, 1.165) is 6.54 Å². The normalized spacial score (nSPS) is 14.7. The summed E-state index contributed by atoms with van der Waals surface area (Å²) in [7, 11) is 0. The summed E-state index contributed by atoms with van der Waals surface area (Å²) in [6.07, 6.45) is 2.13. The number of thioether (sulfide) groups is 1. The van der Waals surface area contributed by atoms with Crippen molar-refractivity contribution < 1.29 is 0 Å². The van der Waals surface area contributed by atoms with Crippen molar-refractivity contribution in [1.82, 2.24) is 9.88 Å². The average molecular weight is 367 g/mol. The van der Waals surface area contributed by atoms with Gasteiger partial charge in [-0.15, -0.1) is 0 Å². The van der Waals surface area contributed by atoms with Gasteiger partial charge in [0.2, 0.25) is 0 Å². The predicted octanol–water partition coefficient (Wildman–Crippen LogP) is 6.25. The molecular formula is C24H19N2S. The lowest BCUT2D eigenvalue weighted by atomic mass is 10.1. The Morgan fingerprint density at radius 2 is 1.48 bits per heavy atom.